The summed E-state index contributed by atoms with van der Waals surface area (Å²) in [5, 5.41) is 1.54. The van der Waals surface area contributed by atoms with Crippen molar-refractivity contribution in [3.63, 3.8) is 0 Å². The number of rotatable bonds is 4. The zero-order valence-electron chi connectivity index (χ0n) is 18.5. The summed E-state index contributed by atoms with van der Waals surface area (Å²) in [6, 6.07) is 16.5. The van der Waals surface area contributed by atoms with Crippen molar-refractivity contribution in [2.24, 2.45) is 0 Å². The summed E-state index contributed by atoms with van der Waals surface area (Å²) in [7, 11) is -1.25. The second kappa shape index (κ2) is 10.4. The van der Waals surface area contributed by atoms with Gasteiger partial charge in [-0.05, 0) is 0 Å². The molecule has 0 radical (unpaired) electrons. The van der Waals surface area contributed by atoms with E-state index in [1.165, 1.54) is 28.3 Å². The van der Waals surface area contributed by atoms with Crippen molar-refractivity contribution >= 4 is 49.6 Å². The van der Waals surface area contributed by atoms with Gasteiger partial charge >= 0.3 is 180 Å². The van der Waals surface area contributed by atoms with Gasteiger partial charge in [0.15, 0.2) is 0 Å². The van der Waals surface area contributed by atoms with Crippen LogP contribution < -0.4 is 5.19 Å². The number of hydrogen-bond donors (Lipinski definition) is 0. The minimum absolute atomic E-state index is 0. The van der Waals surface area contributed by atoms with Gasteiger partial charge in [0.2, 0.25) is 0 Å². The minimum atomic E-state index is -1.66. The molecule has 0 bridgehead atoms. The molecule has 2 aromatic rings. The predicted octanol–water partition coefficient (Wildman–Crippen LogP) is 7.52. The minimum Gasteiger partial charge on any atom is -0.147 e. The molecule has 1 unspecified atom stereocenters. The van der Waals surface area contributed by atoms with Gasteiger partial charge in [-0.15, -0.1) is 24.8 Å². The molecule has 0 nitrogen and oxygen atoms in total. The van der Waals surface area contributed by atoms with Gasteiger partial charge in [-0.2, -0.15) is 0 Å². The monoisotopic (exact) mass is 548 g/mol. The Kier molecular flexibility index (Phi) is 8.99. The summed E-state index contributed by atoms with van der Waals surface area (Å²) < 4.78 is 2.56. The molecule has 0 saturated heterocycles. The average molecular weight is 551 g/mol. The van der Waals surface area contributed by atoms with E-state index >= 15 is 0 Å². The van der Waals surface area contributed by atoms with E-state index in [2.05, 4.69) is 106 Å². The summed E-state index contributed by atoms with van der Waals surface area (Å²) in [5.74, 6) is 0. The molecule has 0 spiro atoms. The van der Waals surface area contributed by atoms with Crippen LogP contribution in [-0.4, -0.2) is 13.5 Å². The van der Waals surface area contributed by atoms with Gasteiger partial charge in [0, 0.05) is 0 Å². The molecule has 30 heavy (non-hydrogen) atoms. The second-order valence-corrected chi connectivity index (χ2v) is 32.0. The first-order valence-corrected chi connectivity index (χ1v) is 22.7. The maximum atomic E-state index is 2.57. The van der Waals surface area contributed by atoms with Crippen LogP contribution in [0.1, 0.15) is 21.2 Å². The maximum Gasteiger partial charge on any atom is -0.147 e. The first kappa shape index (κ1) is 25.8. The standard InChI is InChI=1S/C18H19Si.C5H5.C2H6Si.2ClH.Zr/c1-19(2,3)16-12-10-15(11-13-16)18-9-5-7-14-6-4-8-17(14)18;1-2-4-5-3-1;1-3-2;;;/h4-13H,1-3H3;1-3H,4H2;1-2H3;2*1H;. The van der Waals surface area contributed by atoms with Crippen LogP contribution in [-0.2, 0) is 20.4 Å². The van der Waals surface area contributed by atoms with Gasteiger partial charge in [-0.1, -0.05) is 0 Å². The number of halogens is 2. The van der Waals surface area contributed by atoms with Crippen LogP contribution in [0.3, 0.4) is 0 Å². The van der Waals surface area contributed by atoms with Crippen LogP contribution in [0.5, 0.6) is 0 Å². The molecule has 0 amide bonds. The molecule has 0 N–H and O–H groups in total. The average Bonchev–Trinajstić information content (AvgIpc) is 3.32. The van der Waals surface area contributed by atoms with Crippen LogP contribution in [0.15, 0.2) is 70.0 Å². The van der Waals surface area contributed by atoms with E-state index in [1.54, 1.807) is 5.56 Å². The fourth-order valence-corrected chi connectivity index (χ4v) is 23.4. The number of benzene rings is 2. The summed E-state index contributed by atoms with van der Waals surface area (Å²) in [6.07, 6.45) is 13.3. The molecule has 2 aliphatic rings. The summed E-state index contributed by atoms with van der Waals surface area (Å²) in [6.45, 7) is 12.4. The molecule has 2 aromatic carbocycles. The van der Waals surface area contributed by atoms with Gasteiger partial charge in [0.1, 0.15) is 0 Å². The van der Waals surface area contributed by atoms with Crippen LogP contribution in [0.2, 0.25) is 32.7 Å². The summed E-state index contributed by atoms with van der Waals surface area (Å²) in [5.41, 5.74) is 5.65. The first-order chi connectivity index (χ1) is 13.4. The molecule has 158 valence electrons. The van der Waals surface area contributed by atoms with Crippen LogP contribution >= 0.6 is 24.8 Å². The van der Waals surface area contributed by atoms with Crippen molar-refractivity contribution in [3.8, 4) is 11.1 Å². The fourth-order valence-electron chi connectivity index (χ4n) is 4.47. The Bertz CT molecular complexity index is 1040. The van der Waals surface area contributed by atoms with Crippen molar-refractivity contribution < 1.29 is 20.4 Å². The Labute approximate surface area is 203 Å². The van der Waals surface area contributed by atoms with Crippen LogP contribution in [0.25, 0.3) is 17.2 Å². The normalized spacial score (nSPS) is 16.4. The topological polar surface area (TPSA) is 0 Å². The quantitative estimate of drug-likeness (QED) is 0.345. The van der Waals surface area contributed by atoms with Gasteiger partial charge in [-0.25, -0.2) is 0 Å². The smallest absolute Gasteiger partial charge is 0.147 e. The number of fused-ring (bicyclic) bond motifs is 1. The molecule has 1 atom stereocenters. The Morgan fingerprint density at radius 2 is 1.67 bits per heavy atom. The third-order valence-corrected chi connectivity index (χ3v) is 26.2. The fraction of sp³-hybridized carbons (Fsp3) is 0.280. The Morgan fingerprint density at radius 3 is 2.23 bits per heavy atom. The molecule has 4 rings (SSSR count). The van der Waals surface area contributed by atoms with E-state index in [1.807, 2.05) is 3.28 Å². The molecular formula is C25H32Cl2Si2Zr. The first-order valence-electron chi connectivity index (χ1n) is 10.3. The Morgan fingerprint density at radius 1 is 0.967 bits per heavy atom. The van der Waals surface area contributed by atoms with Crippen molar-refractivity contribution in [1.29, 1.82) is 0 Å². The SMILES string of the molecule is C[Si](C)=[Zr]([C]1=CC=CC1)[CH]1C=Cc2c(-c3ccc([Si](C)(C)C)cc3)cccc21.Cl.Cl. The van der Waals surface area contributed by atoms with E-state index < -0.39 is 28.4 Å². The molecule has 5 heteroatoms. The van der Waals surface area contributed by atoms with Crippen molar-refractivity contribution in [3.05, 3.63) is 81.2 Å². The summed E-state index contributed by atoms with van der Waals surface area (Å²) >= 11 is -1.66. The number of allylic oxidation sites excluding steroid dienone is 5. The zero-order valence-corrected chi connectivity index (χ0v) is 24.6. The Balaban J connectivity index is 0.00000160. The molecule has 0 aliphatic heterocycles. The van der Waals surface area contributed by atoms with E-state index in [0.717, 1.165) is 3.63 Å². The molecule has 2 aliphatic carbocycles. The third-order valence-electron chi connectivity index (χ3n) is 5.96. The molecule has 0 saturated carbocycles. The predicted molar refractivity (Wildman–Crippen MR) is 140 cm³/mol. The largest absolute Gasteiger partial charge is 0.147 e. The Hall–Kier alpha value is -0.443. The second-order valence-electron chi connectivity index (χ2n) is 9.21. The van der Waals surface area contributed by atoms with Gasteiger partial charge in [-0.3, -0.25) is 0 Å². The van der Waals surface area contributed by atoms with Gasteiger partial charge in [0.25, 0.3) is 0 Å². The van der Waals surface area contributed by atoms with Crippen molar-refractivity contribution in [1.82, 2.24) is 0 Å². The van der Waals surface area contributed by atoms with E-state index in [0.29, 0.717) is 0 Å². The third kappa shape index (κ3) is 5.13. The zero-order chi connectivity index (χ0) is 19.9. The van der Waals surface area contributed by atoms with Crippen molar-refractivity contribution in [2.45, 2.75) is 42.8 Å². The molecule has 0 heterocycles. The number of hydrogen-bond acceptors (Lipinski definition) is 0. The van der Waals surface area contributed by atoms with E-state index in [-0.39, 0.29) is 30.2 Å². The maximum absolute atomic E-state index is 2.57. The molecular weight excluding hydrogens is 519 g/mol. The molecule has 0 aromatic heterocycles. The van der Waals surface area contributed by atoms with E-state index in [9.17, 15) is 0 Å². The van der Waals surface area contributed by atoms with E-state index in [4.69, 9.17) is 0 Å². The van der Waals surface area contributed by atoms with Crippen LogP contribution in [0.4, 0.5) is 0 Å². The van der Waals surface area contributed by atoms with Crippen molar-refractivity contribution in [2.75, 3.05) is 0 Å². The van der Waals surface area contributed by atoms with Crippen LogP contribution in [0, 0.1) is 0 Å². The van der Waals surface area contributed by atoms with Gasteiger partial charge in [0.05, 0.1) is 0 Å². The van der Waals surface area contributed by atoms with Gasteiger partial charge < -0.3 is 0 Å². The summed E-state index contributed by atoms with van der Waals surface area (Å²) in [4.78, 5) is 0. The molecule has 0 fully saturated rings.